The number of pyridine rings is 2. The quantitative estimate of drug-likeness (QED) is 0.0494. The summed E-state index contributed by atoms with van der Waals surface area (Å²) in [5.74, 6) is -2.81. The first kappa shape index (κ1) is 55.3. The zero-order chi connectivity index (χ0) is 56.0. The van der Waals surface area contributed by atoms with Crippen molar-refractivity contribution in [2.24, 2.45) is 11.3 Å². The molecule has 2 aliphatic heterocycles. The lowest BCUT2D eigenvalue weighted by molar-refractivity contribution is -0.384. The highest BCUT2D eigenvalue weighted by Crippen LogP contribution is 2.54. The molecule has 10 rings (SSSR count). The summed E-state index contributed by atoms with van der Waals surface area (Å²) in [4.78, 5) is 43.2. The minimum absolute atomic E-state index is 0.00203. The molecule has 4 fully saturated rings. The molecule has 1 amide bonds. The Labute approximate surface area is 456 Å². The van der Waals surface area contributed by atoms with Crippen LogP contribution in [0.3, 0.4) is 0 Å². The summed E-state index contributed by atoms with van der Waals surface area (Å²) in [6, 6.07) is 18.1. The molecule has 0 unspecified atom stereocenters. The fourth-order valence-corrected chi connectivity index (χ4v) is 13.0. The lowest BCUT2D eigenvalue weighted by Crippen LogP contribution is -2.60. The van der Waals surface area contributed by atoms with Gasteiger partial charge in [0.25, 0.3) is 21.8 Å². The summed E-state index contributed by atoms with van der Waals surface area (Å²) in [6.45, 7) is 9.87. The maximum Gasteiger partial charge on any atom is 0.312 e. The Kier molecular flexibility index (Phi) is 15.6. The molecule has 0 bridgehead atoms. The fraction of sp³-hybridized carbons (Fsp3) is 0.456. The van der Waals surface area contributed by atoms with Crippen LogP contribution in [0.1, 0.15) is 111 Å². The molecule has 5 heterocycles. The number of ether oxygens (including phenoxy) is 3. The van der Waals surface area contributed by atoms with E-state index < -0.39 is 54.5 Å². The number of H-pyrrole nitrogens is 1. The molecular weight excluding hydrogens is 1040 g/mol. The number of nitrogens with one attached hydrogen (secondary N) is 3. The first-order chi connectivity index (χ1) is 37.7. The number of hydrogen-bond donors (Lipinski definition) is 4. The number of fused-ring (bicyclic) bond motifs is 1. The second-order valence-electron chi connectivity index (χ2n) is 22.3. The second kappa shape index (κ2) is 22.3. The number of aromatic amines is 1. The molecule has 2 saturated heterocycles. The van der Waals surface area contributed by atoms with E-state index >= 15 is 8.78 Å². The summed E-state index contributed by atoms with van der Waals surface area (Å²) < 4.78 is 92.2. The molecule has 2 saturated carbocycles. The number of amides is 1. The monoisotopic (exact) mass is 1110 g/mol. The van der Waals surface area contributed by atoms with E-state index in [0.29, 0.717) is 64.1 Å². The topological polar surface area (TPSA) is 218 Å². The minimum atomic E-state index is -4.77. The Hall–Kier alpha value is -7.01. The number of piperidine rings is 1. The van der Waals surface area contributed by atoms with Gasteiger partial charge in [-0.3, -0.25) is 24.7 Å². The number of aliphatic hydroxyl groups is 1. The average molecular weight is 1110 g/mol. The van der Waals surface area contributed by atoms with Gasteiger partial charge in [-0.25, -0.2) is 31.3 Å². The SMILES string of the molecule is COc1cc(F)c(CN2CCN(C3CC4(CCN(c5ccc(C(=O)NS(=O)(=O)c6cnc(NCC7CCC(C)(O)CC7)c([N+](=O)[O-])c6)c(Oc6cc7c(F)c[nH]c7nc6OC)c5)CC4)C3)[C@H](c3ccccc3C(C)C)C2)c(F)c1. The van der Waals surface area contributed by atoms with E-state index in [0.717, 1.165) is 50.7 Å². The number of carbonyl (C=O) groups excluding carboxylic acids is 1. The number of nitro groups is 1. The molecule has 4 aliphatic rings. The number of hydrogen-bond acceptors (Lipinski definition) is 15. The van der Waals surface area contributed by atoms with Crippen molar-refractivity contribution >= 4 is 44.2 Å². The number of methoxy groups -OCH3 is 2. The lowest BCUT2D eigenvalue weighted by Gasteiger charge is -2.58. The number of carbonyl (C=O) groups is 1. The highest BCUT2D eigenvalue weighted by atomic mass is 32.2. The molecule has 3 aromatic carbocycles. The first-order valence-corrected chi connectivity index (χ1v) is 28.3. The van der Waals surface area contributed by atoms with Gasteiger partial charge < -0.3 is 34.5 Å². The molecule has 0 radical (unpaired) electrons. The van der Waals surface area contributed by atoms with Crippen LogP contribution in [0.4, 0.5) is 30.4 Å². The van der Waals surface area contributed by atoms with Crippen molar-refractivity contribution in [1.82, 2.24) is 29.5 Å². The van der Waals surface area contributed by atoms with Gasteiger partial charge in [-0.1, -0.05) is 38.1 Å². The van der Waals surface area contributed by atoms with Crippen molar-refractivity contribution < 1.29 is 50.6 Å². The molecule has 4 N–H and O–H groups in total. The molecule has 420 valence electrons. The van der Waals surface area contributed by atoms with Gasteiger partial charge in [-0.05, 0) is 98.8 Å². The predicted octanol–water partition coefficient (Wildman–Crippen LogP) is 10.00. The largest absolute Gasteiger partial charge is 0.497 e. The maximum atomic E-state index is 15.3. The molecule has 18 nitrogen and oxygen atoms in total. The third-order valence-electron chi connectivity index (χ3n) is 16.7. The number of piperazine rings is 1. The van der Waals surface area contributed by atoms with Crippen LogP contribution in [-0.2, 0) is 16.6 Å². The molecule has 6 aromatic rings. The fourth-order valence-electron chi connectivity index (χ4n) is 12.1. The summed E-state index contributed by atoms with van der Waals surface area (Å²) >= 11 is 0. The molecule has 1 atom stereocenters. The van der Waals surface area contributed by atoms with Gasteiger partial charge >= 0.3 is 5.69 Å². The van der Waals surface area contributed by atoms with Gasteiger partial charge in [-0.15, -0.1) is 0 Å². The van der Waals surface area contributed by atoms with Gasteiger partial charge in [0.1, 0.15) is 39.5 Å². The minimum Gasteiger partial charge on any atom is -0.497 e. The van der Waals surface area contributed by atoms with Crippen molar-refractivity contribution in [3.05, 3.63) is 129 Å². The maximum absolute atomic E-state index is 15.3. The van der Waals surface area contributed by atoms with E-state index in [1.807, 2.05) is 4.72 Å². The molecular formula is C57H66F3N9O9S. The summed E-state index contributed by atoms with van der Waals surface area (Å²) in [6.07, 6.45) is 8.28. The van der Waals surface area contributed by atoms with Crippen molar-refractivity contribution in [1.29, 1.82) is 0 Å². The van der Waals surface area contributed by atoms with Crippen LogP contribution in [0, 0.1) is 38.9 Å². The van der Waals surface area contributed by atoms with E-state index in [2.05, 4.69) is 73.1 Å². The Balaban J connectivity index is 0.859. The Morgan fingerprint density at radius 2 is 1.66 bits per heavy atom. The number of anilines is 2. The van der Waals surface area contributed by atoms with Gasteiger partial charge in [-0.2, -0.15) is 4.98 Å². The standard InChI is InChI=1S/C57H66F3N9O9S/c1-34(2)40-8-6-7-9-41(40)49-33-66(32-44-45(58)23-38(76-4)24-46(44)59)20-21-68(49)37-27-57(28-37)16-18-67(19-17-57)36-10-11-42(50(22-36)78-51-26-43-47(60)31-63-52(43)64-55(51)77-5)54(70)65-79(74,75)39-25-48(69(72)73)53(62-30-39)61-29-35-12-14-56(3,71)15-13-35/h6-11,22-26,30-31,34-35,37,49,71H,12-21,27-29,32-33H2,1-5H3,(H,61,62)(H,63,64)(H,65,70)/t35?,49-,56?/m0/s1. The van der Waals surface area contributed by atoms with E-state index in [-0.39, 0.29) is 87.0 Å². The summed E-state index contributed by atoms with van der Waals surface area (Å²) in [5.41, 5.74) is 1.82. The number of aromatic nitrogens is 3. The van der Waals surface area contributed by atoms with Crippen molar-refractivity contribution in [2.75, 3.05) is 63.7 Å². The third-order valence-corrected chi connectivity index (χ3v) is 18.0. The number of sulfonamides is 1. The highest BCUT2D eigenvalue weighted by Gasteiger charge is 2.50. The van der Waals surface area contributed by atoms with E-state index in [9.17, 15) is 32.8 Å². The van der Waals surface area contributed by atoms with E-state index in [1.54, 1.807) is 19.1 Å². The van der Waals surface area contributed by atoms with E-state index in [1.165, 1.54) is 49.6 Å². The number of halogens is 3. The summed E-state index contributed by atoms with van der Waals surface area (Å²) in [5, 5.41) is 25.6. The Morgan fingerprint density at radius 3 is 2.34 bits per heavy atom. The Morgan fingerprint density at radius 1 is 0.937 bits per heavy atom. The number of nitrogens with zero attached hydrogens (tertiary/aromatic N) is 6. The molecule has 22 heteroatoms. The van der Waals surface area contributed by atoms with Crippen LogP contribution in [0.25, 0.3) is 11.0 Å². The van der Waals surface area contributed by atoms with Crippen molar-refractivity contribution in [3.8, 4) is 23.1 Å². The molecule has 79 heavy (non-hydrogen) atoms. The lowest BCUT2D eigenvalue weighted by atomic mass is 9.59. The van der Waals surface area contributed by atoms with Crippen LogP contribution in [0.15, 0.2) is 84.0 Å². The zero-order valence-corrected chi connectivity index (χ0v) is 45.7. The smallest absolute Gasteiger partial charge is 0.312 e. The number of benzene rings is 3. The highest BCUT2D eigenvalue weighted by molar-refractivity contribution is 7.90. The van der Waals surface area contributed by atoms with Gasteiger partial charge in [0, 0.05) is 106 Å². The Bertz CT molecular complexity index is 3350. The summed E-state index contributed by atoms with van der Waals surface area (Å²) in [7, 11) is -2.04. The second-order valence-corrected chi connectivity index (χ2v) is 23.9. The molecule has 1 spiro atoms. The van der Waals surface area contributed by atoms with Crippen molar-refractivity contribution in [2.45, 2.75) is 107 Å². The van der Waals surface area contributed by atoms with Crippen LogP contribution >= 0.6 is 0 Å². The molecule has 2 aliphatic carbocycles. The van der Waals surface area contributed by atoms with Crippen LogP contribution in [0.5, 0.6) is 23.1 Å². The van der Waals surface area contributed by atoms with Gasteiger partial charge in [0.2, 0.25) is 5.82 Å². The normalized spacial score (nSPS) is 21.0. The van der Waals surface area contributed by atoms with Crippen LogP contribution < -0.4 is 29.1 Å². The average Bonchev–Trinajstić information content (AvgIpc) is 3.96. The third kappa shape index (κ3) is 11.7. The predicted molar refractivity (Wildman–Crippen MR) is 291 cm³/mol. The van der Waals surface area contributed by atoms with Crippen molar-refractivity contribution in [3.63, 3.8) is 0 Å². The molecule has 3 aromatic heterocycles. The zero-order valence-electron chi connectivity index (χ0n) is 44.9. The van der Waals surface area contributed by atoms with Gasteiger partial charge in [0.05, 0.1) is 41.9 Å². The van der Waals surface area contributed by atoms with Gasteiger partial charge in [0.15, 0.2) is 5.75 Å². The van der Waals surface area contributed by atoms with Crippen LogP contribution in [0.2, 0.25) is 0 Å². The number of rotatable bonds is 17. The first-order valence-electron chi connectivity index (χ1n) is 26.8. The van der Waals surface area contributed by atoms with Crippen LogP contribution in [-0.4, -0.2) is 114 Å². The van der Waals surface area contributed by atoms with E-state index in [4.69, 9.17) is 14.2 Å².